The van der Waals surface area contributed by atoms with Gasteiger partial charge in [0.25, 0.3) is 0 Å². The lowest BCUT2D eigenvalue weighted by Gasteiger charge is -2.28. The van der Waals surface area contributed by atoms with Gasteiger partial charge in [-0.1, -0.05) is 6.07 Å². The molecule has 0 spiro atoms. The topological polar surface area (TPSA) is 46.3 Å². The summed E-state index contributed by atoms with van der Waals surface area (Å²) in [6.07, 6.45) is 3.79. The number of piperidine rings is 1. The Morgan fingerprint density at radius 3 is 2.60 bits per heavy atom. The van der Waals surface area contributed by atoms with Crippen molar-refractivity contribution in [2.24, 2.45) is 5.73 Å². The van der Waals surface area contributed by atoms with E-state index in [-0.39, 0.29) is 5.91 Å². The van der Waals surface area contributed by atoms with Crippen molar-refractivity contribution >= 4 is 11.6 Å². The van der Waals surface area contributed by atoms with Crippen LogP contribution in [0.25, 0.3) is 0 Å². The second kappa shape index (κ2) is 4.34. The summed E-state index contributed by atoms with van der Waals surface area (Å²) in [5.74, 6) is -0.353. The number of nitrogens with two attached hydrogens (primary N) is 1. The third-order valence-corrected chi connectivity index (χ3v) is 2.85. The molecule has 0 aliphatic carbocycles. The minimum absolute atomic E-state index is 0.353. The highest BCUT2D eigenvalue weighted by molar-refractivity contribution is 5.93. The summed E-state index contributed by atoms with van der Waals surface area (Å²) < 4.78 is 0. The van der Waals surface area contributed by atoms with Gasteiger partial charge in [-0.05, 0) is 37.5 Å². The van der Waals surface area contributed by atoms with Crippen LogP contribution in [0.1, 0.15) is 29.6 Å². The summed E-state index contributed by atoms with van der Waals surface area (Å²) >= 11 is 0. The van der Waals surface area contributed by atoms with Crippen LogP contribution in [0, 0.1) is 0 Å². The predicted molar refractivity (Wildman–Crippen MR) is 61.0 cm³/mol. The lowest BCUT2D eigenvalue weighted by Crippen LogP contribution is -2.29. The average molecular weight is 204 g/mol. The Bertz CT molecular complexity index is 356. The van der Waals surface area contributed by atoms with Crippen molar-refractivity contribution in [1.82, 2.24) is 0 Å². The number of hydrogen-bond acceptors (Lipinski definition) is 2. The van der Waals surface area contributed by atoms with Crippen LogP contribution in [0.4, 0.5) is 5.69 Å². The Morgan fingerprint density at radius 2 is 1.93 bits per heavy atom. The average Bonchev–Trinajstić information content (AvgIpc) is 2.30. The van der Waals surface area contributed by atoms with Crippen LogP contribution in [-0.2, 0) is 0 Å². The maximum atomic E-state index is 11.0. The molecule has 80 valence electrons. The van der Waals surface area contributed by atoms with Crippen molar-refractivity contribution in [3.05, 3.63) is 29.8 Å². The van der Waals surface area contributed by atoms with E-state index in [0.717, 1.165) is 18.8 Å². The van der Waals surface area contributed by atoms with Crippen LogP contribution >= 0.6 is 0 Å². The summed E-state index contributed by atoms with van der Waals surface area (Å²) in [4.78, 5) is 13.4. The predicted octanol–water partition coefficient (Wildman–Crippen LogP) is 1.78. The molecule has 1 fully saturated rings. The maximum absolute atomic E-state index is 11.0. The van der Waals surface area contributed by atoms with Crippen LogP contribution in [-0.4, -0.2) is 19.0 Å². The number of primary amides is 1. The van der Waals surface area contributed by atoms with E-state index in [1.807, 2.05) is 18.2 Å². The van der Waals surface area contributed by atoms with Crippen LogP contribution in [0.15, 0.2) is 24.3 Å². The number of hydrogen-bond donors (Lipinski definition) is 1. The molecule has 1 aliphatic rings. The molecule has 0 atom stereocenters. The van der Waals surface area contributed by atoms with E-state index in [1.165, 1.54) is 19.3 Å². The highest BCUT2D eigenvalue weighted by Crippen LogP contribution is 2.20. The molecule has 0 aromatic heterocycles. The zero-order chi connectivity index (χ0) is 10.7. The van der Waals surface area contributed by atoms with Gasteiger partial charge in [-0.3, -0.25) is 4.79 Å². The highest BCUT2D eigenvalue weighted by Gasteiger charge is 2.11. The Balaban J connectivity index is 2.19. The Hall–Kier alpha value is -1.51. The zero-order valence-corrected chi connectivity index (χ0v) is 8.78. The molecule has 3 nitrogen and oxygen atoms in total. The lowest BCUT2D eigenvalue weighted by atomic mass is 10.1. The van der Waals surface area contributed by atoms with Crippen LogP contribution < -0.4 is 10.6 Å². The Labute approximate surface area is 89.9 Å². The van der Waals surface area contributed by atoms with E-state index in [4.69, 9.17) is 5.73 Å². The number of carbonyl (C=O) groups excluding carboxylic acids is 1. The molecule has 1 saturated heterocycles. The smallest absolute Gasteiger partial charge is 0.248 e. The van der Waals surface area contributed by atoms with Crippen molar-refractivity contribution in [1.29, 1.82) is 0 Å². The number of amides is 1. The van der Waals surface area contributed by atoms with Crippen molar-refractivity contribution in [3.63, 3.8) is 0 Å². The third kappa shape index (κ3) is 2.29. The first kappa shape index (κ1) is 10.0. The minimum atomic E-state index is -0.353. The zero-order valence-electron chi connectivity index (χ0n) is 8.78. The second-order valence-corrected chi connectivity index (χ2v) is 3.96. The van der Waals surface area contributed by atoms with Gasteiger partial charge in [-0.15, -0.1) is 0 Å². The van der Waals surface area contributed by atoms with Crippen LogP contribution in [0.3, 0.4) is 0 Å². The molecule has 1 aromatic carbocycles. The van der Waals surface area contributed by atoms with Gasteiger partial charge in [-0.25, -0.2) is 0 Å². The van der Waals surface area contributed by atoms with Crippen molar-refractivity contribution in [2.45, 2.75) is 19.3 Å². The number of benzene rings is 1. The van der Waals surface area contributed by atoms with E-state index < -0.39 is 0 Å². The molecule has 1 amide bonds. The molecule has 1 aliphatic heterocycles. The monoisotopic (exact) mass is 204 g/mol. The van der Waals surface area contributed by atoms with E-state index in [0.29, 0.717) is 5.56 Å². The molecule has 1 aromatic rings. The van der Waals surface area contributed by atoms with Crippen molar-refractivity contribution in [3.8, 4) is 0 Å². The van der Waals surface area contributed by atoms with Gasteiger partial charge >= 0.3 is 0 Å². The summed E-state index contributed by atoms with van der Waals surface area (Å²) in [6, 6.07) is 7.57. The molecule has 0 bridgehead atoms. The van der Waals surface area contributed by atoms with Crippen LogP contribution in [0.2, 0.25) is 0 Å². The van der Waals surface area contributed by atoms with Gasteiger partial charge in [0.2, 0.25) is 5.91 Å². The standard InChI is InChI=1S/C12H16N2O/c13-12(15)10-5-4-6-11(9-10)14-7-2-1-3-8-14/h4-6,9H,1-3,7-8H2,(H2,13,15). The number of nitrogens with zero attached hydrogens (tertiary/aromatic N) is 1. The summed E-state index contributed by atoms with van der Waals surface area (Å²) in [7, 11) is 0. The molecule has 0 unspecified atom stereocenters. The quantitative estimate of drug-likeness (QED) is 0.798. The van der Waals surface area contributed by atoms with E-state index in [2.05, 4.69) is 4.90 Å². The van der Waals surface area contributed by atoms with Gasteiger partial charge in [0, 0.05) is 24.3 Å². The third-order valence-electron chi connectivity index (χ3n) is 2.85. The fourth-order valence-corrected chi connectivity index (χ4v) is 2.01. The number of carbonyl (C=O) groups is 1. The van der Waals surface area contributed by atoms with E-state index in [1.54, 1.807) is 6.07 Å². The van der Waals surface area contributed by atoms with Gasteiger partial charge in [0.15, 0.2) is 0 Å². The lowest BCUT2D eigenvalue weighted by molar-refractivity contribution is 0.100. The fourth-order valence-electron chi connectivity index (χ4n) is 2.01. The normalized spacial score (nSPS) is 16.4. The maximum Gasteiger partial charge on any atom is 0.248 e. The SMILES string of the molecule is NC(=O)c1cccc(N2CCCCC2)c1. The summed E-state index contributed by atoms with van der Waals surface area (Å²) in [5, 5.41) is 0. The second-order valence-electron chi connectivity index (χ2n) is 3.96. The van der Waals surface area contributed by atoms with E-state index >= 15 is 0 Å². The number of rotatable bonds is 2. The van der Waals surface area contributed by atoms with Crippen molar-refractivity contribution < 1.29 is 4.79 Å². The molecule has 2 rings (SSSR count). The van der Waals surface area contributed by atoms with E-state index in [9.17, 15) is 4.79 Å². The molecule has 0 radical (unpaired) electrons. The summed E-state index contributed by atoms with van der Waals surface area (Å²) in [6.45, 7) is 2.17. The first-order valence-corrected chi connectivity index (χ1v) is 5.42. The summed E-state index contributed by atoms with van der Waals surface area (Å²) in [5.41, 5.74) is 6.97. The molecule has 1 heterocycles. The first-order chi connectivity index (χ1) is 7.27. The van der Waals surface area contributed by atoms with Gasteiger partial charge < -0.3 is 10.6 Å². The molecule has 0 saturated carbocycles. The minimum Gasteiger partial charge on any atom is -0.372 e. The van der Waals surface area contributed by atoms with Gasteiger partial charge in [0.05, 0.1) is 0 Å². The highest BCUT2D eigenvalue weighted by atomic mass is 16.1. The molecular formula is C12H16N2O. The molecular weight excluding hydrogens is 188 g/mol. The fraction of sp³-hybridized carbons (Fsp3) is 0.417. The molecule has 3 heteroatoms. The Morgan fingerprint density at radius 1 is 1.20 bits per heavy atom. The number of anilines is 1. The first-order valence-electron chi connectivity index (χ1n) is 5.42. The Kier molecular flexibility index (Phi) is 2.90. The largest absolute Gasteiger partial charge is 0.372 e. The van der Waals surface area contributed by atoms with Crippen LogP contribution in [0.5, 0.6) is 0 Å². The van der Waals surface area contributed by atoms with Gasteiger partial charge in [-0.2, -0.15) is 0 Å². The molecule has 2 N–H and O–H groups in total. The van der Waals surface area contributed by atoms with Crippen molar-refractivity contribution in [2.75, 3.05) is 18.0 Å². The van der Waals surface area contributed by atoms with Gasteiger partial charge in [0.1, 0.15) is 0 Å². The molecule has 15 heavy (non-hydrogen) atoms.